The molecule has 1 heterocycles. The van der Waals surface area contributed by atoms with Gasteiger partial charge < -0.3 is 9.64 Å². The van der Waals surface area contributed by atoms with Crippen LogP contribution < -0.4 is 9.64 Å². The van der Waals surface area contributed by atoms with Gasteiger partial charge in [0.2, 0.25) is 5.91 Å². The molecular weight excluding hydrogens is 388 g/mol. The van der Waals surface area contributed by atoms with Crippen molar-refractivity contribution in [2.24, 2.45) is 0 Å². The van der Waals surface area contributed by atoms with Crippen molar-refractivity contribution in [1.29, 1.82) is 0 Å². The van der Waals surface area contributed by atoms with E-state index in [4.69, 9.17) is 4.74 Å². The summed E-state index contributed by atoms with van der Waals surface area (Å²) < 4.78 is 5.20. The van der Waals surface area contributed by atoms with Gasteiger partial charge in [0.15, 0.2) is 0 Å². The highest BCUT2D eigenvalue weighted by molar-refractivity contribution is 8.00. The lowest BCUT2D eigenvalue weighted by molar-refractivity contribution is -0.384. The van der Waals surface area contributed by atoms with Gasteiger partial charge in [0, 0.05) is 22.7 Å². The second-order valence-corrected chi connectivity index (χ2v) is 7.77. The van der Waals surface area contributed by atoms with Gasteiger partial charge in [0.1, 0.15) is 11.0 Å². The average molecular weight is 406 g/mol. The molecule has 146 valence electrons. The van der Waals surface area contributed by atoms with Crippen LogP contribution >= 0.6 is 11.8 Å². The van der Waals surface area contributed by atoms with Gasteiger partial charge in [-0.3, -0.25) is 14.9 Å². The van der Waals surface area contributed by atoms with Crippen LogP contribution in [0.25, 0.3) is 0 Å². The van der Waals surface area contributed by atoms with E-state index in [1.54, 1.807) is 24.1 Å². The van der Waals surface area contributed by atoms with E-state index < -0.39 is 4.92 Å². The maximum absolute atomic E-state index is 13.0. The van der Waals surface area contributed by atoms with Gasteiger partial charge in [0.05, 0.1) is 18.1 Å². The first-order valence-electron chi connectivity index (χ1n) is 9.01. The van der Waals surface area contributed by atoms with Crippen molar-refractivity contribution in [3.8, 4) is 5.75 Å². The van der Waals surface area contributed by atoms with E-state index in [9.17, 15) is 14.9 Å². The van der Waals surface area contributed by atoms with Crippen molar-refractivity contribution in [2.45, 2.75) is 16.2 Å². The first-order chi connectivity index (χ1) is 14.1. The summed E-state index contributed by atoms with van der Waals surface area (Å²) in [6.45, 7) is 0. The molecule has 0 spiro atoms. The summed E-state index contributed by atoms with van der Waals surface area (Å²) in [5.41, 5.74) is 1.66. The van der Waals surface area contributed by atoms with Gasteiger partial charge in [-0.1, -0.05) is 30.3 Å². The molecule has 1 aliphatic heterocycles. The summed E-state index contributed by atoms with van der Waals surface area (Å²) in [4.78, 5) is 26.4. The van der Waals surface area contributed by atoms with Crippen molar-refractivity contribution < 1.29 is 14.5 Å². The van der Waals surface area contributed by atoms with Crippen LogP contribution in [0.15, 0.2) is 83.8 Å². The number of carbonyl (C=O) groups is 1. The molecule has 29 heavy (non-hydrogen) atoms. The first-order valence-corrected chi connectivity index (χ1v) is 9.89. The topological polar surface area (TPSA) is 72.7 Å². The summed E-state index contributed by atoms with van der Waals surface area (Å²) in [7, 11) is 1.59. The smallest absolute Gasteiger partial charge is 0.269 e. The predicted octanol–water partition coefficient (Wildman–Crippen LogP) is 4.85. The normalized spacial score (nSPS) is 18.2. The van der Waals surface area contributed by atoms with Crippen LogP contribution in [0.4, 0.5) is 11.4 Å². The third-order valence-electron chi connectivity index (χ3n) is 4.85. The van der Waals surface area contributed by atoms with Gasteiger partial charge >= 0.3 is 0 Å². The summed E-state index contributed by atoms with van der Waals surface area (Å²) in [5, 5.41) is 10.7. The predicted molar refractivity (Wildman–Crippen MR) is 112 cm³/mol. The second-order valence-electron chi connectivity index (χ2n) is 6.55. The molecule has 7 heteroatoms. The maximum atomic E-state index is 13.0. The maximum Gasteiger partial charge on any atom is 0.269 e. The Morgan fingerprint density at radius 2 is 1.62 bits per heavy atom. The zero-order chi connectivity index (χ0) is 20.4. The molecule has 1 amide bonds. The minimum absolute atomic E-state index is 0.00683. The number of methoxy groups -OCH3 is 1. The molecular formula is C22H18N2O4S. The lowest BCUT2D eigenvalue weighted by atomic mass is 9.92. The molecule has 0 aromatic heterocycles. The lowest BCUT2D eigenvalue weighted by Crippen LogP contribution is -2.57. The van der Waals surface area contributed by atoms with Gasteiger partial charge in [-0.05, 0) is 42.0 Å². The number of nitro benzene ring substituents is 1. The number of hydrogen-bond acceptors (Lipinski definition) is 5. The Morgan fingerprint density at radius 1 is 0.966 bits per heavy atom. The molecule has 3 aromatic rings. The first kappa shape index (κ1) is 19.0. The number of nitrogens with zero attached hydrogens (tertiary/aromatic N) is 2. The monoisotopic (exact) mass is 406 g/mol. The van der Waals surface area contributed by atoms with Crippen LogP contribution in [0, 0.1) is 10.1 Å². The van der Waals surface area contributed by atoms with Crippen LogP contribution in [-0.4, -0.2) is 23.2 Å². The zero-order valence-electron chi connectivity index (χ0n) is 15.6. The molecule has 6 nitrogen and oxygen atoms in total. The van der Waals surface area contributed by atoms with E-state index in [2.05, 4.69) is 0 Å². The Morgan fingerprint density at radius 3 is 2.21 bits per heavy atom. The van der Waals surface area contributed by atoms with Crippen LogP contribution in [0.1, 0.15) is 11.6 Å². The van der Waals surface area contributed by atoms with Crippen molar-refractivity contribution in [2.75, 3.05) is 12.0 Å². The van der Waals surface area contributed by atoms with Gasteiger partial charge in [-0.2, -0.15) is 0 Å². The number of benzene rings is 3. The van der Waals surface area contributed by atoms with E-state index >= 15 is 0 Å². The third kappa shape index (κ3) is 3.69. The summed E-state index contributed by atoms with van der Waals surface area (Å²) in [6.07, 6.45) is 0. The van der Waals surface area contributed by atoms with Crippen LogP contribution in [0.3, 0.4) is 0 Å². The van der Waals surface area contributed by atoms with Crippen LogP contribution in [-0.2, 0) is 4.79 Å². The number of hydrogen-bond donors (Lipinski definition) is 0. The lowest BCUT2D eigenvalue weighted by Gasteiger charge is -2.47. The van der Waals surface area contributed by atoms with Crippen molar-refractivity contribution in [1.82, 2.24) is 0 Å². The van der Waals surface area contributed by atoms with E-state index in [1.807, 2.05) is 54.6 Å². The molecule has 0 bridgehead atoms. The molecule has 1 fully saturated rings. The second kappa shape index (κ2) is 7.97. The van der Waals surface area contributed by atoms with Crippen molar-refractivity contribution in [3.05, 3.63) is 94.5 Å². The summed E-state index contributed by atoms with van der Waals surface area (Å²) in [5.74, 6) is 0.719. The minimum Gasteiger partial charge on any atom is -0.497 e. The molecule has 0 unspecified atom stereocenters. The number of β-lactam (4-membered cyclic amide) rings is 1. The Bertz CT molecular complexity index is 1020. The number of carbonyl (C=O) groups excluding carboxylic acids is 1. The molecule has 4 rings (SSSR count). The molecule has 1 aliphatic rings. The number of anilines is 1. The van der Waals surface area contributed by atoms with E-state index in [-0.39, 0.29) is 22.9 Å². The number of amides is 1. The largest absolute Gasteiger partial charge is 0.497 e. The fourth-order valence-electron chi connectivity index (χ4n) is 3.37. The number of nitro groups is 1. The number of rotatable bonds is 6. The molecule has 0 saturated carbocycles. The fraction of sp³-hybridized carbons (Fsp3) is 0.136. The quantitative estimate of drug-likeness (QED) is 0.332. The highest BCUT2D eigenvalue weighted by Gasteiger charge is 2.49. The zero-order valence-corrected chi connectivity index (χ0v) is 16.4. The number of thioether (sulfide) groups is 1. The van der Waals surface area contributed by atoms with Gasteiger partial charge in [-0.15, -0.1) is 11.8 Å². The molecule has 3 aromatic carbocycles. The summed E-state index contributed by atoms with van der Waals surface area (Å²) in [6, 6.07) is 23.3. The van der Waals surface area contributed by atoms with E-state index in [1.165, 1.54) is 23.9 Å². The molecule has 0 radical (unpaired) electrons. The number of non-ortho nitro benzene ring substituents is 1. The Balaban J connectivity index is 1.68. The van der Waals surface area contributed by atoms with Crippen LogP contribution in [0.5, 0.6) is 5.75 Å². The van der Waals surface area contributed by atoms with Gasteiger partial charge in [0.25, 0.3) is 5.69 Å². The summed E-state index contributed by atoms with van der Waals surface area (Å²) >= 11 is 1.51. The van der Waals surface area contributed by atoms with Crippen LogP contribution in [0.2, 0.25) is 0 Å². The Hall–Kier alpha value is -3.32. The average Bonchev–Trinajstić information content (AvgIpc) is 2.76. The highest BCUT2D eigenvalue weighted by atomic mass is 32.2. The molecule has 0 aliphatic carbocycles. The SMILES string of the molecule is COc1ccc(N2C(=O)[C@@H](Sc3ccccc3)[C@H]2c2ccc([N+](=O)[O-])cc2)cc1. The Labute approximate surface area is 172 Å². The molecule has 0 N–H and O–H groups in total. The fourth-order valence-corrected chi connectivity index (χ4v) is 4.60. The van der Waals surface area contributed by atoms with E-state index in [0.29, 0.717) is 5.75 Å². The highest BCUT2D eigenvalue weighted by Crippen LogP contribution is 2.47. The standard InChI is InChI=1S/C22H18N2O4S/c1-28-18-13-11-16(12-14-18)23-20(15-7-9-17(10-8-15)24(26)27)21(22(23)25)29-19-5-3-2-4-6-19/h2-14,20-21H,1H3/t20-,21+/m1/s1. The minimum atomic E-state index is -0.423. The van der Waals surface area contributed by atoms with Crippen molar-refractivity contribution in [3.63, 3.8) is 0 Å². The Kier molecular flexibility index (Phi) is 5.22. The third-order valence-corrected chi connectivity index (χ3v) is 6.11. The van der Waals surface area contributed by atoms with Crippen molar-refractivity contribution >= 4 is 29.0 Å². The van der Waals surface area contributed by atoms with E-state index in [0.717, 1.165) is 16.1 Å². The molecule has 2 atom stereocenters. The molecule has 1 saturated heterocycles. The number of ether oxygens (including phenoxy) is 1. The van der Waals surface area contributed by atoms with Gasteiger partial charge in [-0.25, -0.2) is 0 Å².